The van der Waals surface area contributed by atoms with E-state index in [4.69, 9.17) is 9.47 Å². The van der Waals surface area contributed by atoms with Crippen LogP contribution in [0.15, 0.2) is 53.7 Å². The second-order valence-corrected chi connectivity index (χ2v) is 7.21. The monoisotopic (exact) mass is 366 g/mol. The third-order valence-electron chi connectivity index (χ3n) is 5.43. The van der Waals surface area contributed by atoms with Crippen molar-refractivity contribution < 1.29 is 14.7 Å². The minimum atomic E-state index is 0.555. The summed E-state index contributed by atoms with van der Waals surface area (Å²) in [4.78, 5) is 2.51. The van der Waals surface area contributed by atoms with Crippen molar-refractivity contribution in [3.05, 3.63) is 59.7 Å². The molecule has 0 amide bonds. The first-order valence-electron chi connectivity index (χ1n) is 9.72. The fourth-order valence-electron chi connectivity index (χ4n) is 3.98. The van der Waals surface area contributed by atoms with E-state index < -0.39 is 0 Å². The molecule has 0 aromatic heterocycles. The van der Waals surface area contributed by atoms with Crippen LogP contribution in [0.1, 0.15) is 36.3 Å². The van der Waals surface area contributed by atoms with E-state index in [-0.39, 0.29) is 0 Å². The lowest BCUT2D eigenvalue weighted by atomic mass is 9.99. The number of rotatable bonds is 6. The van der Waals surface area contributed by atoms with Crippen LogP contribution < -0.4 is 9.47 Å². The van der Waals surface area contributed by atoms with Crippen molar-refractivity contribution in [1.82, 2.24) is 4.90 Å². The van der Waals surface area contributed by atoms with Gasteiger partial charge in [0, 0.05) is 12.1 Å². The van der Waals surface area contributed by atoms with E-state index in [1.54, 1.807) is 0 Å². The average molecular weight is 366 g/mol. The van der Waals surface area contributed by atoms with E-state index in [1.165, 1.54) is 12.0 Å². The van der Waals surface area contributed by atoms with Gasteiger partial charge in [-0.15, -0.1) is 0 Å². The van der Waals surface area contributed by atoms with Gasteiger partial charge in [0.2, 0.25) is 0 Å². The maximum absolute atomic E-state index is 9.47. The van der Waals surface area contributed by atoms with Crippen molar-refractivity contribution in [1.29, 1.82) is 0 Å². The molecule has 1 saturated heterocycles. The van der Waals surface area contributed by atoms with E-state index in [1.807, 2.05) is 18.2 Å². The fourth-order valence-corrected chi connectivity index (χ4v) is 3.98. The van der Waals surface area contributed by atoms with Crippen molar-refractivity contribution in [2.45, 2.75) is 25.2 Å². The number of oxime groups is 1. The van der Waals surface area contributed by atoms with Crippen LogP contribution in [0.25, 0.3) is 0 Å². The van der Waals surface area contributed by atoms with E-state index >= 15 is 0 Å². The summed E-state index contributed by atoms with van der Waals surface area (Å²) in [5, 5.41) is 13.0. The molecule has 0 bridgehead atoms. The number of hydrogen-bond donors (Lipinski definition) is 1. The third-order valence-corrected chi connectivity index (χ3v) is 5.43. The topological polar surface area (TPSA) is 54.3 Å². The molecule has 4 rings (SSSR count). The lowest BCUT2D eigenvalue weighted by Crippen LogP contribution is -2.22. The van der Waals surface area contributed by atoms with Crippen LogP contribution in [0.4, 0.5) is 0 Å². The van der Waals surface area contributed by atoms with Crippen LogP contribution >= 0.6 is 0 Å². The highest BCUT2D eigenvalue weighted by molar-refractivity contribution is 6.00. The predicted octanol–water partition coefficient (Wildman–Crippen LogP) is 3.91. The van der Waals surface area contributed by atoms with E-state index in [0.717, 1.165) is 49.5 Å². The molecule has 1 atom stereocenters. The second-order valence-electron chi connectivity index (χ2n) is 7.21. The van der Waals surface area contributed by atoms with Crippen LogP contribution in [-0.2, 0) is 0 Å². The predicted molar refractivity (Wildman–Crippen MR) is 105 cm³/mol. The van der Waals surface area contributed by atoms with Gasteiger partial charge in [0.15, 0.2) is 11.5 Å². The van der Waals surface area contributed by atoms with Crippen molar-refractivity contribution >= 4 is 5.71 Å². The van der Waals surface area contributed by atoms with Gasteiger partial charge in [0.25, 0.3) is 0 Å². The molecule has 2 aliphatic heterocycles. The van der Waals surface area contributed by atoms with Gasteiger partial charge in [-0.1, -0.05) is 35.5 Å². The Labute approximate surface area is 160 Å². The average Bonchev–Trinajstić information content (AvgIpc) is 3.20. The van der Waals surface area contributed by atoms with E-state index in [0.29, 0.717) is 24.8 Å². The Morgan fingerprint density at radius 1 is 1.07 bits per heavy atom. The summed E-state index contributed by atoms with van der Waals surface area (Å²) in [6, 6.07) is 16.5. The number of nitrogens with zero attached hydrogens (tertiary/aromatic N) is 2. The normalized spacial score (nSPS) is 20.0. The molecule has 0 aliphatic carbocycles. The summed E-state index contributed by atoms with van der Waals surface area (Å²) in [7, 11) is 0. The second kappa shape index (κ2) is 8.44. The Morgan fingerprint density at radius 3 is 2.70 bits per heavy atom. The number of benzene rings is 2. The van der Waals surface area contributed by atoms with Gasteiger partial charge in [-0.05, 0) is 62.0 Å². The van der Waals surface area contributed by atoms with Crippen LogP contribution in [0.2, 0.25) is 0 Å². The minimum absolute atomic E-state index is 0.555. The molecule has 1 fully saturated rings. The summed E-state index contributed by atoms with van der Waals surface area (Å²) in [5.41, 5.74) is 3.03. The van der Waals surface area contributed by atoms with E-state index in [9.17, 15) is 5.21 Å². The first kappa shape index (κ1) is 17.9. The van der Waals surface area contributed by atoms with Crippen LogP contribution in [0.3, 0.4) is 0 Å². The molecule has 142 valence electrons. The van der Waals surface area contributed by atoms with Gasteiger partial charge in [-0.3, -0.25) is 0 Å². The molecule has 5 nitrogen and oxygen atoms in total. The van der Waals surface area contributed by atoms with Crippen molar-refractivity contribution in [3.8, 4) is 11.5 Å². The van der Waals surface area contributed by atoms with Crippen LogP contribution in [-0.4, -0.2) is 48.7 Å². The molecule has 27 heavy (non-hydrogen) atoms. The molecule has 2 heterocycles. The van der Waals surface area contributed by atoms with Gasteiger partial charge in [0.05, 0.1) is 5.71 Å². The zero-order valence-corrected chi connectivity index (χ0v) is 15.5. The van der Waals surface area contributed by atoms with Crippen LogP contribution in [0.5, 0.6) is 11.5 Å². The molecule has 0 radical (unpaired) electrons. The number of likely N-dealkylation sites (tertiary alicyclic amines) is 1. The van der Waals surface area contributed by atoms with Gasteiger partial charge in [-0.25, -0.2) is 0 Å². The molecule has 0 unspecified atom stereocenters. The summed E-state index contributed by atoms with van der Waals surface area (Å²) in [6.45, 7) is 4.40. The summed E-state index contributed by atoms with van der Waals surface area (Å²) >= 11 is 0. The summed E-state index contributed by atoms with van der Waals surface area (Å²) in [6.07, 6.45) is 2.92. The Kier molecular flexibility index (Phi) is 5.58. The van der Waals surface area contributed by atoms with E-state index in [2.05, 4.69) is 40.4 Å². The van der Waals surface area contributed by atoms with Crippen molar-refractivity contribution in [2.24, 2.45) is 5.16 Å². The smallest absolute Gasteiger partial charge is 0.162 e. The maximum atomic E-state index is 9.47. The quantitative estimate of drug-likeness (QED) is 0.478. The Bertz CT molecular complexity index is 791. The molecule has 2 aromatic rings. The first-order valence-corrected chi connectivity index (χ1v) is 9.72. The molecule has 1 N–H and O–H groups in total. The Balaban J connectivity index is 1.29. The van der Waals surface area contributed by atoms with Crippen LogP contribution in [0, 0.1) is 0 Å². The molecular weight excluding hydrogens is 340 g/mol. The van der Waals surface area contributed by atoms with Crippen molar-refractivity contribution in [2.75, 3.05) is 32.8 Å². The van der Waals surface area contributed by atoms with Gasteiger partial charge >= 0.3 is 0 Å². The standard InChI is InChI=1S/C22H26N2O3/c25-23-20(18-8-9-21-22(15-18)27-14-13-26-21)7-4-11-24-12-10-19(16-24)17-5-2-1-3-6-17/h1-3,5-6,8-9,15,19,25H,4,7,10-14,16H2/b23-20-/t19-/m1/s1. The highest BCUT2D eigenvalue weighted by Crippen LogP contribution is 2.31. The van der Waals surface area contributed by atoms with Crippen molar-refractivity contribution in [3.63, 3.8) is 0 Å². The number of fused-ring (bicyclic) bond motifs is 1. The van der Waals surface area contributed by atoms with Gasteiger partial charge in [-0.2, -0.15) is 0 Å². The Morgan fingerprint density at radius 2 is 1.89 bits per heavy atom. The summed E-state index contributed by atoms with van der Waals surface area (Å²) < 4.78 is 11.2. The highest BCUT2D eigenvalue weighted by Gasteiger charge is 2.23. The first-order chi connectivity index (χ1) is 13.3. The fraction of sp³-hybridized carbons (Fsp3) is 0.409. The molecular formula is C22H26N2O3. The maximum Gasteiger partial charge on any atom is 0.162 e. The molecule has 0 saturated carbocycles. The third kappa shape index (κ3) is 4.25. The molecule has 0 spiro atoms. The zero-order chi connectivity index (χ0) is 18.5. The Hall–Kier alpha value is -2.53. The van der Waals surface area contributed by atoms with Gasteiger partial charge in [0.1, 0.15) is 13.2 Å². The summed E-state index contributed by atoms with van der Waals surface area (Å²) in [5.74, 6) is 2.12. The lowest BCUT2D eigenvalue weighted by Gasteiger charge is -2.19. The number of hydrogen-bond acceptors (Lipinski definition) is 5. The lowest BCUT2D eigenvalue weighted by molar-refractivity contribution is 0.171. The number of ether oxygens (including phenoxy) is 2. The molecule has 5 heteroatoms. The highest BCUT2D eigenvalue weighted by atomic mass is 16.6. The zero-order valence-electron chi connectivity index (χ0n) is 15.5. The SMILES string of the molecule is O/N=C(/CCCN1CC[C@@H](c2ccccc2)C1)c1ccc2c(c1)OCCO2. The van der Waals surface area contributed by atoms with Gasteiger partial charge < -0.3 is 19.6 Å². The molecule has 2 aliphatic rings. The minimum Gasteiger partial charge on any atom is -0.486 e. The molecule has 2 aromatic carbocycles. The largest absolute Gasteiger partial charge is 0.486 e.